The number of aliphatic carboxylic acids is 1. The number of carboxylic acid groups (broad SMARTS) is 1. The molecule has 3 heteroatoms. The van der Waals surface area contributed by atoms with Gasteiger partial charge in [0.15, 0.2) is 0 Å². The number of rotatable bonds is 3. The molecule has 4 atom stereocenters. The second kappa shape index (κ2) is 3.47. The van der Waals surface area contributed by atoms with Crippen molar-refractivity contribution in [3.63, 3.8) is 0 Å². The molecule has 4 saturated carbocycles. The first-order valence-corrected chi connectivity index (χ1v) is 7.17. The monoisotopic (exact) mass is 285 g/mol. The molecule has 0 heterocycles. The summed E-state index contributed by atoms with van der Waals surface area (Å²) in [5, 5.41) is 10.6. The zero-order valence-corrected chi connectivity index (χ0v) is 11.1. The van der Waals surface area contributed by atoms with Gasteiger partial charge in [0.1, 0.15) is 0 Å². The van der Waals surface area contributed by atoms with Crippen molar-refractivity contribution < 1.29 is 9.90 Å². The molecule has 0 N–H and O–H groups in total. The summed E-state index contributed by atoms with van der Waals surface area (Å²) in [6.07, 6.45) is 8.85. The highest BCUT2D eigenvalue weighted by Crippen LogP contribution is 2.65. The van der Waals surface area contributed by atoms with Crippen LogP contribution in [0.25, 0.3) is 0 Å². The second-order valence-corrected chi connectivity index (χ2v) is 8.17. The predicted molar refractivity (Wildman–Crippen MR) is 63.0 cm³/mol. The van der Waals surface area contributed by atoms with Gasteiger partial charge in [-0.2, -0.15) is 0 Å². The molecule has 0 aromatic rings. The number of halogens is 1. The Labute approximate surface area is 105 Å². The third kappa shape index (κ3) is 1.81. The zero-order chi connectivity index (χ0) is 11.4. The molecular weight excluding hydrogens is 268 g/mol. The van der Waals surface area contributed by atoms with Gasteiger partial charge in [0.05, 0.1) is 0 Å². The topological polar surface area (TPSA) is 40.1 Å². The Hall–Kier alpha value is -0.0500. The molecule has 4 bridgehead atoms. The maximum absolute atomic E-state index is 10.6. The minimum absolute atomic E-state index is 0.252. The van der Waals surface area contributed by atoms with Crippen LogP contribution in [0.15, 0.2) is 0 Å². The predicted octanol–water partition coefficient (Wildman–Crippen LogP) is 2.25. The van der Waals surface area contributed by atoms with Gasteiger partial charge in [-0.15, -0.1) is 0 Å². The molecule has 0 saturated heterocycles. The summed E-state index contributed by atoms with van der Waals surface area (Å²) in [6.45, 7) is 0. The van der Waals surface area contributed by atoms with Crippen LogP contribution < -0.4 is 5.11 Å². The Morgan fingerprint density at radius 2 is 1.88 bits per heavy atom. The van der Waals surface area contributed by atoms with Crippen LogP contribution in [0.4, 0.5) is 0 Å². The fourth-order valence-electron chi connectivity index (χ4n) is 5.00. The van der Waals surface area contributed by atoms with E-state index in [9.17, 15) is 9.90 Å². The van der Waals surface area contributed by atoms with E-state index >= 15 is 0 Å². The fraction of sp³-hybridized carbons (Fsp3) is 0.923. The largest absolute Gasteiger partial charge is 0.550 e. The number of carbonyl (C=O) groups is 1. The fourth-order valence-corrected chi connectivity index (χ4v) is 6.51. The van der Waals surface area contributed by atoms with Crippen LogP contribution in [-0.4, -0.2) is 10.3 Å². The van der Waals surface area contributed by atoms with Crippen molar-refractivity contribution >= 4 is 21.9 Å². The lowest BCUT2D eigenvalue weighted by Gasteiger charge is -2.60. The lowest BCUT2D eigenvalue weighted by molar-refractivity contribution is -0.306. The molecule has 4 fully saturated rings. The van der Waals surface area contributed by atoms with E-state index in [0.717, 1.165) is 18.3 Å². The normalized spacial score (nSPS) is 49.6. The number of hydrogen-bond acceptors (Lipinski definition) is 2. The van der Waals surface area contributed by atoms with Crippen molar-refractivity contribution in [2.24, 2.45) is 17.3 Å². The van der Waals surface area contributed by atoms with Crippen molar-refractivity contribution in [1.82, 2.24) is 0 Å². The van der Waals surface area contributed by atoms with Gasteiger partial charge in [-0.1, -0.05) is 15.9 Å². The standard InChI is InChI=1S/C13H19BrO2/c14-13-6-9-3-10(7-13)5-12(4-9,8-13)2-1-11(15)16/h9-10H,1-8H2,(H,15,16)/p-1/t9-,10+,12?,13?. The highest BCUT2D eigenvalue weighted by atomic mass is 79.9. The Morgan fingerprint density at radius 1 is 1.25 bits per heavy atom. The molecule has 2 unspecified atom stereocenters. The molecule has 90 valence electrons. The quantitative estimate of drug-likeness (QED) is 0.747. The molecule has 4 rings (SSSR count). The zero-order valence-electron chi connectivity index (χ0n) is 9.51. The van der Waals surface area contributed by atoms with Gasteiger partial charge in [-0.3, -0.25) is 0 Å². The summed E-state index contributed by atoms with van der Waals surface area (Å²) < 4.78 is 0.350. The van der Waals surface area contributed by atoms with Gasteiger partial charge in [-0.25, -0.2) is 0 Å². The third-order valence-electron chi connectivity index (χ3n) is 4.97. The molecule has 0 aliphatic heterocycles. The molecule has 0 aromatic heterocycles. The number of carbonyl (C=O) groups excluding carboxylic acids is 1. The van der Waals surface area contributed by atoms with Crippen LogP contribution in [0.5, 0.6) is 0 Å². The summed E-state index contributed by atoms with van der Waals surface area (Å²) in [7, 11) is 0. The minimum Gasteiger partial charge on any atom is -0.550 e. The maximum Gasteiger partial charge on any atom is 0.0414 e. The van der Waals surface area contributed by atoms with E-state index < -0.39 is 5.97 Å². The summed E-state index contributed by atoms with van der Waals surface area (Å²) in [5.41, 5.74) is 0.327. The lowest BCUT2D eigenvalue weighted by Crippen LogP contribution is -2.53. The van der Waals surface area contributed by atoms with Crippen molar-refractivity contribution in [2.75, 3.05) is 0 Å². The van der Waals surface area contributed by atoms with E-state index in [0.29, 0.717) is 9.74 Å². The smallest absolute Gasteiger partial charge is 0.0414 e. The highest BCUT2D eigenvalue weighted by Gasteiger charge is 2.56. The van der Waals surface area contributed by atoms with Gasteiger partial charge in [0.2, 0.25) is 0 Å². The van der Waals surface area contributed by atoms with Crippen LogP contribution in [0.1, 0.15) is 51.4 Å². The van der Waals surface area contributed by atoms with Crippen molar-refractivity contribution in [3.05, 3.63) is 0 Å². The van der Waals surface area contributed by atoms with Gasteiger partial charge in [0.25, 0.3) is 0 Å². The van der Waals surface area contributed by atoms with E-state index in [-0.39, 0.29) is 6.42 Å². The van der Waals surface area contributed by atoms with E-state index in [4.69, 9.17) is 0 Å². The molecule has 0 spiro atoms. The summed E-state index contributed by atoms with van der Waals surface area (Å²) in [4.78, 5) is 10.6. The summed E-state index contributed by atoms with van der Waals surface area (Å²) in [6, 6.07) is 0. The Bertz CT molecular complexity index is 312. The highest BCUT2D eigenvalue weighted by molar-refractivity contribution is 9.10. The molecule has 4 aliphatic rings. The van der Waals surface area contributed by atoms with Crippen LogP contribution in [0, 0.1) is 17.3 Å². The Kier molecular flexibility index (Phi) is 2.40. The number of carboxylic acids is 1. The first kappa shape index (κ1) is 11.1. The third-order valence-corrected chi connectivity index (χ3v) is 5.90. The SMILES string of the molecule is O=C([O-])CCC12C[C@@H]3C[C@@H](CC(Br)(C3)C1)C2. The van der Waals surface area contributed by atoms with Gasteiger partial charge >= 0.3 is 0 Å². The van der Waals surface area contributed by atoms with Crippen molar-refractivity contribution in [2.45, 2.75) is 55.7 Å². The van der Waals surface area contributed by atoms with Gasteiger partial charge < -0.3 is 9.90 Å². The number of alkyl halides is 1. The molecule has 0 radical (unpaired) electrons. The van der Waals surface area contributed by atoms with Crippen LogP contribution in [0.2, 0.25) is 0 Å². The number of hydrogen-bond donors (Lipinski definition) is 0. The van der Waals surface area contributed by atoms with Crippen molar-refractivity contribution in [3.8, 4) is 0 Å². The van der Waals surface area contributed by atoms with Gasteiger partial charge in [0, 0.05) is 10.3 Å². The molecular formula is C13H18BrO2-. The molecule has 0 amide bonds. The average molecular weight is 286 g/mol. The first-order valence-electron chi connectivity index (χ1n) is 6.38. The second-order valence-electron chi connectivity index (χ2n) is 6.48. The molecule has 16 heavy (non-hydrogen) atoms. The van der Waals surface area contributed by atoms with Crippen LogP contribution >= 0.6 is 15.9 Å². The van der Waals surface area contributed by atoms with E-state index in [1.165, 1.54) is 38.5 Å². The van der Waals surface area contributed by atoms with Crippen LogP contribution in [0.3, 0.4) is 0 Å². The van der Waals surface area contributed by atoms with E-state index in [1.54, 1.807) is 0 Å². The molecule has 0 aromatic carbocycles. The van der Waals surface area contributed by atoms with Crippen LogP contribution in [-0.2, 0) is 4.79 Å². The van der Waals surface area contributed by atoms with E-state index in [2.05, 4.69) is 15.9 Å². The first-order chi connectivity index (χ1) is 7.49. The van der Waals surface area contributed by atoms with E-state index in [1.807, 2.05) is 0 Å². The molecule has 2 nitrogen and oxygen atoms in total. The van der Waals surface area contributed by atoms with Gasteiger partial charge in [-0.05, 0) is 68.6 Å². The lowest BCUT2D eigenvalue weighted by atomic mass is 9.48. The summed E-state index contributed by atoms with van der Waals surface area (Å²) >= 11 is 3.94. The minimum atomic E-state index is -0.876. The van der Waals surface area contributed by atoms with Crippen molar-refractivity contribution in [1.29, 1.82) is 0 Å². The molecule has 4 aliphatic carbocycles. The summed E-state index contributed by atoms with van der Waals surface area (Å²) in [5.74, 6) is 0.823. The average Bonchev–Trinajstić information content (AvgIpc) is 2.10. The Balaban J connectivity index is 1.78. The maximum atomic E-state index is 10.6. The Morgan fingerprint density at radius 3 is 2.38 bits per heavy atom.